The van der Waals surface area contributed by atoms with Gasteiger partial charge in [0.05, 0.1) is 0 Å². The van der Waals surface area contributed by atoms with Crippen molar-refractivity contribution in [3.05, 3.63) is 80.8 Å². The number of nitrogens with one attached hydrogen (secondary N) is 1. The molecule has 4 aromatic rings. The summed E-state index contributed by atoms with van der Waals surface area (Å²) in [6.45, 7) is 4.23. The van der Waals surface area contributed by atoms with Gasteiger partial charge in [0.25, 0.3) is 11.5 Å². The number of carbonyl (C=O) groups excluding carboxylic acids is 1. The van der Waals surface area contributed by atoms with Crippen LogP contribution in [0.25, 0.3) is 4.96 Å². The number of benzene rings is 1. The topological polar surface area (TPSA) is 102 Å². The third-order valence-electron chi connectivity index (χ3n) is 4.55. The van der Waals surface area contributed by atoms with Crippen molar-refractivity contribution < 1.29 is 9.32 Å². The number of nitrogens with zero attached hydrogens (tertiary/aromatic N) is 4. The predicted molar refractivity (Wildman–Crippen MR) is 113 cm³/mol. The molecule has 0 aliphatic carbocycles. The van der Waals surface area contributed by atoms with E-state index in [4.69, 9.17) is 4.52 Å². The van der Waals surface area contributed by atoms with Gasteiger partial charge in [-0.2, -0.15) is 4.98 Å². The van der Waals surface area contributed by atoms with Crippen molar-refractivity contribution in [3.8, 4) is 0 Å². The molecule has 0 unspecified atom stereocenters. The van der Waals surface area contributed by atoms with Crippen LogP contribution in [0, 0.1) is 0 Å². The molecule has 9 heteroatoms. The maximum atomic E-state index is 12.8. The van der Waals surface area contributed by atoms with Crippen LogP contribution in [0.3, 0.4) is 0 Å². The number of hydrogen-bond donors (Lipinski definition) is 1. The zero-order valence-corrected chi connectivity index (χ0v) is 17.5. The summed E-state index contributed by atoms with van der Waals surface area (Å²) in [5.74, 6) is 0.786. The second-order valence-corrected chi connectivity index (χ2v) is 8.29. The minimum absolute atomic E-state index is 0.00459. The molecule has 3 aromatic heterocycles. The van der Waals surface area contributed by atoms with E-state index in [0.717, 1.165) is 10.4 Å². The van der Waals surface area contributed by atoms with Gasteiger partial charge in [0, 0.05) is 42.6 Å². The molecule has 0 radical (unpaired) electrons. The second kappa shape index (κ2) is 8.58. The fraction of sp³-hybridized carbons (Fsp3) is 0.286. The molecule has 0 aliphatic rings. The lowest BCUT2D eigenvalue weighted by Crippen LogP contribution is -2.32. The summed E-state index contributed by atoms with van der Waals surface area (Å²) in [4.78, 5) is 35.4. The Morgan fingerprint density at radius 2 is 2.07 bits per heavy atom. The van der Waals surface area contributed by atoms with E-state index in [1.165, 1.54) is 21.9 Å². The Labute approximate surface area is 176 Å². The monoisotopic (exact) mass is 423 g/mol. The van der Waals surface area contributed by atoms with Gasteiger partial charge in [-0.3, -0.25) is 14.0 Å². The summed E-state index contributed by atoms with van der Waals surface area (Å²) in [5, 5.41) is 6.61. The number of rotatable bonds is 7. The summed E-state index contributed by atoms with van der Waals surface area (Å²) in [7, 11) is 0. The molecule has 0 bridgehead atoms. The van der Waals surface area contributed by atoms with Gasteiger partial charge >= 0.3 is 0 Å². The number of aromatic nitrogens is 4. The largest absolute Gasteiger partial charge is 0.351 e. The van der Waals surface area contributed by atoms with Crippen LogP contribution in [0.2, 0.25) is 0 Å². The molecular weight excluding hydrogens is 402 g/mol. The molecule has 1 aromatic carbocycles. The lowest BCUT2D eigenvalue weighted by Gasteiger charge is -2.03. The van der Waals surface area contributed by atoms with Gasteiger partial charge in [0.15, 0.2) is 10.8 Å². The van der Waals surface area contributed by atoms with E-state index in [0.29, 0.717) is 29.5 Å². The van der Waals surface area contributed by atoms with Crippen LogP contribution < -0.4 is 10.9 Å². The SMILES string of the molecule is CC(C)c1noc(CCNC(=O)c2cnc3sc(Cc4ccccc4)cn3c2=O)n1. The van der Waals surface area contributed by atoms with Crippen LogP contribution >= 0.6 is 11.3 Å². The summed E-state index contributed by atoms with van der Waals surface area (Å²) in [6.07, 6.45) is 4.19. The molecule has 3 heterocycles. The van der Waals surface area contributed by atoms with E-state index in [-0.39, 0.29) is 23.6 Å². The Bertz CT molecular complexity index is 1230. The van der Waals surface area contributed by atoms with Gasteiger partial charge < -0.3 is 9.84 Å². The maximum absolute atomic E-state index is 12.8. The lowest BCUT2D eigenvalue weighted by atomic mass is 10.1. The Hall–Kier alpha value is -3.33. The average molecular weight is 423 g/mol. The Kier molecular flexibility index (Phi) is 5.71. The number of hydrogen-bond acceptors (Lipinski definition) is 7. The van der Waals surface area contributed by atoms with Crippen molar-refractivity contribution in [2.45, 2.75) is 32.6 Å². The predicted octanol–water partition coefficient (Wildman–Crippen LogP) is 2.83. The summed E-state index contributed by atoms with van der Waals surface area (Å²) < 4.78 is 6.59. The third-order valence-corrected chi connectivity index (χ3v) is 5.54. The number of carbonyl (C=O) groups is 1. The molecule has 4 rings (SSSR count). The van der Waals surface area contributed by atoms with Crippen molar-refractivity contribution in [2.75, 3.05) is 6.54 Å². The highest BCUT2D eigenvalue weighted by atomic mass is 32.1. The summed E-state index contributed by atoms with van der Waals surface area (Å²) >= 11 is 1.44. The number of amides is 1. The fourth-order valence-electron chi connectivity index (χ4n) is 2.95. The fourth-order valence-corrected chi connectivity index (χ4v) is 3.92. The van der Waals surface area contributed by atoms with Crippen LogP contribution in [0.15, 0.2) is 52.0 Å². The van der Waals surface area contributed by atoms with E-state index in [9.17, 15) is 9.59 Å². The molecule has 0 saturated carbocycles. The van der Waals surface area contributed by atoms with Gasteiger partial charge in [0.2, 0.25) is 5.89 Å². The van der Waals surface area contributed by atoms with Gasteiger partial charge in [-0.1, -0.05) is 49.3 Å². The molecule has 0 atom stereocenters. The molecular formula is C21H21N5O3S. The van der Waals surface area contributed by atoms with E-state index in [1.807, 2.05) is 44.2 Å². The normalized spacial score (nSPS) is 11.3. The van der Waals surface area contributed by atoms with E-state index < -0.39 is 5.91 Å². The van der Waals surface area contributed by atoms with Gasteiger partial charge in [0.1, 0.15) is 5.56 Å². The Balaban J connectivity index is 1.44. The molecule has 0 fully saturated rings. The first-order valence-corrected chi connectivity index (χ1v) is 10.5. The average Bonchev–Trinajstić information content (AvgIpc) is 3.36. The molecule has 30 heavy (non-hydrogen) atoms. The van der Waals surface area contributed by atoms with Crippen LogP contribution in [-0.2, 0) is 12.8 Å². The zero-order valence-electron chi connectivity index (χ0n) is 16.7. The van der Waals surface area contributed by atoms with Crippen molar-refractivity contribution in [1.82, 2.24) is 24.8 Å². The van der Waals surface area contributed by atoms with Crippen LogP contribution in [0.4, 0.5) is 0 Å². The Morgan fingerprint density at radius 1 is 1.27 bits per heavy atom. The third kappa shape index (κ3) is 4.30. The standard InChI is InChI=1S/C21H21N5O3S/c1-13(2)18-24-17(29-25-18)8-9-22-19(27)16-11-23-21-26(20(16)28)12-15(30-21)10-14-6-4-3-5-7-14/h3-7,11-13H,8-10H2,1-2H3,(H,22,27). The van der Waals surface area contributed by atoms with Crippen molar-refractivity contribution in [1.29, 1.82) is 0 Å². The second-order valence-electron chi connectivity index (χ2n) is 7.20. The van der Waals surface area contributed by atoms with E-state index >= 15 is 0 Å². The van der Waals surface area contributed by atoms with Crippen LogP contribution in [0.1, 0.15) is 52.3 Å². The first kappa shape index (κ1) is 20.0. The highest BCUT2D eigenvalue weighted by Crippen LogP contribution is 2.18. The number of fused-ring (bicyclic) bond motifs is 1. The minimum Gasteiger partial charge on any atom is -0.351 e. The smallest absolute Gasteiger partial charge is 0.271 e. The highest BCUT2D eigenvalue weighted by Gasteiger charge is 2.16. The molecule has 8 nitrogen and oxygen atoms in total. The van der Waals surface area contributed by atoms with Gasteiger partial charge in [-0.25, -0.2) is 4.98 Å². The quantitative estimate of drug-likeness (QED) is 0.490. The van der Waals surface area contributed by atoms with Gasteiger partial charge in [-0.05, 0) is 5.56 Å². The van der Waals surface area contributed by atoms with E-state index in [2.05, 4.69) is 20.4 Å². The molecule has 0 aliphatic heterocycles. The molecule has 1 amide bonds. The molecule has 1 N–H and O–H groups in total. The first-order chi connectivity index (χ1) is 14.5. The van der Waals surface area contributed by atoms with Crippen LogP contribution in [-0.4, -0.2) is 32.0 Å². The molecule has 154 valence electrons. The summed E-state index contributed by atoms with van der Waals surface area (Å²) in [5.41, 5.74) is 0.773. The van der Waals surface area contributed by atoms with Crippen molar-refractivity contribution in [3.63, 3.8) is 0 Å². The molecule has 0 saturated heterocycles. The van der Waals surface area contributed by atoms with Gasteiger partial charge in [-0.15, -0.1) is 11.3 Å². The van der Waals surface area contributed by atoms with Crippen molar-refractivity contribution >= 4 is 22.2 Å². The summed E-state index contributed by atoms with van der Waals surface area (Å²) in [6, 6.07) is 9.99. The van der Waals surface area contributed by atoms with Crippen LogP contribution in [0.5, 0.6) is 0 Å². The highest BCUT2D eigenvalue weighted by molar-refractivity contribution is 7.17. The maximum Gasteiger partial charge on any atom is 0.271 e. The van der Waals surface area contributed by atoms with E-state index in [1.54, 1.807) is 6.20 Å². The Morgan fingerprint density at radius 3 is 2.80 bits per heavy atom. The minimum atomic E-state index is -0.471. The lowest BCUT2D eigenvalue weighted by molar-refractivity contribution is 0.0951. The zero-order chi connectivity index (χ0) is 21.1. The van der Waals surface area contributed by atoms with Crippen molar-refractivity contribution in [2.24, 2.45) is 0 Å². The first-order valence-electron chi connectivity index (χ1n) is 9.66. The number of thiazole rings is 1. The molecule has 0 spiro atoms.